The normalized spacial score (nSPS) is 14.5. The number of fused-ring (bicyclic) bond motifs is 8. The fraction of sp³-hybridized carbons (Fsp3) is 0.0690. The van der Waals surface area contributed by atoms with Gasteiger partial charge in [0.25, 0.3) is 0 Å². The van der Waals surface area contributed by atoms with Gasteiger partial charge in [-0.05, 0) is 11.6 Å². The Labute approximate surface area is 240 Å². The van der Waals surface area contributed by atoms with E-state index in [-0.39, 0.29) is 13.5 Å². The smallest absolute Gasteiger partial charge is 0.0771 e. The van der Waals surface area contributed by atoms with Crippen molar-refractivity contribution in [3.05, 3.63) is 124 Å². The molecule has 0 aromatic heterocycles. The van der Waals surface area contributed by atoms with Crippen molar-refractivity contribution in [2.75, 3.05) is 11.9 Å². The van der Waals surface area contributed by atoms with Crippen molar-refractivity contribution >= 4 is 79.8 Å². The van der Waals surface area contributed by atoms with E-state index in [1.54, 1.807) is 0 Å². The van der Waals surface area contributed by atoms with E-state index in [4.69, 9.17) is 17.0 Å². The molecule has 1 aliphatic heterocycles. The van der Waals surface area contributed by atoms with Crippen LogP contribution >= 0.6 is 33.0 Å². The summed E-state index contributed by atoms with van der Waals surface area (Å²) in [5.41, 5.74) is 6.65. The molecule has 1 unspecified atom stereocenters. The molecule has 176 valence electrons. The van der Waals surface area contributed by atoms with E-state index in [0.717, 1.165) is 4.47 Å². The number of para-hydroxylation sites is 1. The zero-order valence-electron chi connectivity index (χ0n) is 18.8. The molecule has 1 aliphatic carbocycles. The van der Waals surface area contributed by atoms with Gasteiger partial charge in [0.2, 0.25) is 0 Å². The third-order valence-electron chi connectivity index (χ3n) is 6.38. The van der Waals surface area contributed by atoms with Gasteiger partial charge in [0.1, 0.15) is 0 Å². The second-order valence-corrected chi connectivity index (χ2v) is 12.8. The Morgan fingerprint density at radius 1 is 0.914 bits per heavy atom. The first-order valence-electron chi connectivity index (χ1n) is 10.9. The maximum Gasteiger partial charge on any atom is -0.0771 e. The van der Waals surface area contributed by atoms with Gasteiger partial charge in [-0.2, -0.15) is 18.2 Å². The van der Waals surface area contributed by atoms with Gasteiger partial charge in [-0.15, -0.1) is 66.8 Å². The quantitative estimate of drug-likeness (QED) is 0.0930. The van der Waals surface area contributed by atoms with Crippen molar-refractivity contribution in [2.24, 2.45) is 0 Å². The van der Waals surface area contributed by atoms with E-state index >= 15 is 0 Å². The molecule has 0 spiro atoms. The van der Waals surface area contributed by atoms with Crippen LogP contribution in [-0.2, 0) is 34.3 Å². The van der Waals surface area contributed by atoms with E-state index in [2.05, 4.69) is 125 Å². The Bertz CT molecular complexity index is 1460. The SMILES string of the molecule is CN1C2=Cc3cc(Br)c[c-]c3C2c2ccccc21.[Cl][Zr][Cl].[SH-].c1ccc2c(c1)[cH-]c1ccccc12. The molecular formula is C29H21BrCl2NSZr-3. The minimum atomic E-state index is -0.826. The molecule has 1 nitrogen and oxygen atoms in total. The number of likely N-dealkylation sites (N-methyl/N-ethyl adjacent to an activating group) is 1. The average molecular weight is 658 g/mol. The second-order valence-electron chi connectivity index (χ2n) is 8.20. The number of hydrogen-bond donors (Lipinski definition) is 0. The summed E-state index contributed by atoms with van der Waals surface area (Å²) >= 11 is 2.69. The van der Waals surface area contributed by atoms with E-state index < -0.39 is 20.8 Å². The van der Waals surface area contributed by atoms with Crippen LogP contribution in [0.1, 0.15) is 22.6 Å². The van der Waals surface area contributed by atoms with Crippen molar-refractivity contribution < 1.29 is 20.8 Å². The number of nitrogens with zero attached hydrogens (tertiary/aromatic N) is 1. The number of benzene rings is 4. The van der Waals surface area contributed by atoms with Crippen molar-refractivity contribution in [3.8, 4) is 0 Å². The summed E-state index contributed by atoms with van der Waals surface area (Å²) < 4.78 is 1.09. The molecule has 0 amide bonds. The van der Waals surface area contributed by atoms with Gasteiger partial charge in [-0.25, -0.2) is 0 Å². The Hall–Kier alpha value is -1.42. The van der Waals surface area contributed by atoms with Crippen LogP contribution in [0.4, 0.5) is 5.69 Å². The zero-order chi connectivity index (χ0) is 23.7. The predicted octanol–water partition coefficient (Wildman–Crippen LogP) is 9.00. The third kappa shape index (κ3) is 5.20. The van der Waals surface area contributed by atoms with E-state index in [1.165, 1.54) is 49.6 Å². The molecule has 0 fully saturated rings. The van der Waals surface area contributed by atoms with Crippen LogP contribution in [0, 0.1) is 6.07 Å². The molecular weight excluding hydrogens is 636 g/mol. The van der Waals surface area contributed by atoms with Crippen molar-refractivity contribution in [1.29, 1.82) is 0 Å². The van der Waals surface area contributed by atoms with Crippen LogP contribution in [0.5, 0.6) is 0 Å². The summed E-state index contributed by atoms with van der Waals surface area (Å²) in [6.07, 6.45) is 2.28. The van der Waals surface area contributed by atoms with Crippen molar-refractivity contribution in [1.82, 2.24) is 0 Å². The molecule has 0 saturated heterocycles. The maximum atomic E-state index is 4.93. The van der Waals surface area contributed by atoms with Gasteiger partial charge >= 0.3 is 37.9 Å². The molecule has 5 aromatic rings. The summed E-state index contributed by atoms with van der Waals surface area (Å²) in [5.74, 6) is 0.370. The van der Waals surface area contributed by atoms with Gasteiger partial charge in [0.05, 0.1) is 0 Å². The van der Waals surface area contributed by atoms with Crippen LogP contribution in [0.2, 0.25) is 0 Å². The Morgan fingerprint density at radius 3 is 2.14 bits per heavy atom. The Balaban J connectivity index is 0.000000150. The maximum absolute atomic E-state index is 4.93. The number of allylic oxidation sites excluding steroid dienone is 1. The first-order valence-corrected chi connectivity index (χ1v) is 18.0. The molecule has 0 saturated carbocycles. The fourth-order valence-electron chi connectivity index (χ4n) is 4.94. The number of anilines is 1. The van der Waals surface area contributed by atoms with Gasteiger partial charge in [-0.3, -0.25) is 0 Å². The number of halogens is 3. The van der Waals surface area contributed by atoms with Crippen LogP contribution < -0.4 is 4.90 Å². The number of hydrogen-bond acceptors (Lipinski definition) is 2. The summed E-state index contributed by atoms with van der Waals surface area (Å²) in [7, 11) is 12.0. The monoisotopic (exact) mass is 654 g/mol. The van der Waals surface area contributed by atoms with E-state index in [9.17, 15) is 0 Å². The topological polar surface area (TPSA) is 3.24 Å². The van der Waals surface area contributed by atoms with E-state index in [1.807, 2.05) is 6.07 Å². The molecule has 1 heterocycles. The average Bonchev–Trinajstić information content (AvgIpc) is 3.50. The van der Waals surface area contributed by atoms with Crippen LogP contribution in [0.3, 0.4) is 0 Å². The van der Waals surface area contributed by atoms with Crippen LogP contribution in [0.25, 0.3) is 27.6 Å². The molecule has 0 N–H and O–H groups in total. The van der Waals surface area contributed by atoms with Gasteiger partial charge in [0, 0.05) is 24.4 Å². The first-order chi connectivity index (χ1) is 16.6. The largest absolute Gasteiger partial charge is 0.813 e. The standard InChI is InChI=1S/C16H11BrN.C13H9.2ClH.H2S.Zr/c1-18-14-5-3-2-4-13(14)16-12-7-6-11(17)8-10(12)9-15(16)18;1-3-7-12-10(5-1)9-11-6-2-4-8-13(11)12;;;;/h2-6,8-9,16H,1H3;1-9H;2*1H;1H2;/q2*-1;;;;+2/p-3. The number of rotatable bonds is 0. The Kier molecular flexibility index (Phi) is 8.95. The molecule has 1 atom stereocenters. The van der Waals surface area contributed by atoms with Crippen molar-refractivity contribution in [3.63, 3.8) is 0 Å². The van der Waals surface area contributed by atoms with Gasteiger partial charge < -0.3 is 18.4 Å². The minimum absolute atomic E-state index is 0. The van der Waals surface area contributed by atoms with Crippen molar-refractivity contribution in [2.45, 2.75) is 5.92 Å². The Morgan fingerprint density at radius 2 is 1.49 bits per heavy atom. The van der Waals surface area contributed by atoms with Gasteiger partial charge in [0.15, 0.2) is 0 Å². The first kappa shape index (κ1) is 26.6. The third-order valence-corrected chi connectivity index (χ3v) is 6.83. The van der Waals surface area contributed by atoms with Gasteiger partial charge in [-0.1, -0.05) is 65.1 Å². The summed E-state index contributed by atoms with van der Waals surface area (Å²) in [6.45, 7) is 0. The predicted molar refractivity (Wildman–Crippen MR) is 155 cm³/mol. The van der Waals surface area contributed by atoms with Crippen LogP contribution in [0.15, 0.2) is 101 Å². The summed E-state index contributed by atoms with van der Waals surface area (Å²) in [6, 6.07) is 35.5. The molecule has 35 heavy (non-hydrogen) atoms. The molecule has 0 radical (unpaired) electrons. The fourth-order valence-corrected chi connectivity index (χ4v) is 5.30. The molecule has 0 bridgehead atoms. The zero-order valence-corrected chi connectivity index (χ0v) is 25.3. The molecule has 7 rings (SSSR count). The molecule has 5 aromatic carbocycles. The number of thiol groups is 1. The minimum Gasteiger partial charge on any atom is -0.813 e. The summed E-state index contributed by atoms with van der Waals surface area (Å²) in [5, 5.41) is 5.39. The molecule has 2 aliphatic rings. The summed E-state index contributed by atoms with van der Waals surface area (Å²) in [4.78, 5) is 2.29. The van der Waals surface area contributed by atoms with Crippen LogP contribution in [-0.4, -0.2) is 7.05 Å². The second kappa shape index (κ2) is 11.8. The molecule has 6 heteroatoms. The van der Waals surface area contributed by atoms with E-state index in [0.29, 0.717) is 5.92 Å².